The first-order valence-corrected chi connectivity index (χ1v) is 16.8. The SMILES string of the molecule is CC(C)(C)c1ccc([C@H]2c3sc(=O)n(CC(=O)Nc4ccc(Cl)c(Cl)c4)c3SC3C(=O)N(c4ccccc4C(F)(F)F)C(=O)C32)cc1. The molecular formula is C33H26Cl2F3N3O4S2. The maximum Gasteiger partial charge on any atom is 0.418 e. The van der Waals surface area contributed by atoms with Crippen LogP contribution in [0.5, 0.6) is 0 Å². The van der Waals surface area contributed by atoms with Crippen molar-refractivity contribution in [2.45, 2.75) is 55.1 Å². The number of para-hydroxylation sites is 1. The number of imide groups is 1. The van der Waals surface area contributed by atoms with Crippen molar-refractivity contribution < 1.29 is 27.6 Å². The van der Waals surface area contributed by atoms with E-state index in [4.69, 9.17) is 23.2 Å². The molecule has 244 valence electrons. The Morgan fingerprint density at radius 3 is 2.23 bits per heavy atom. The van der Waals surface area contributed by atoms with Gasteiger partial charge >= 0.3 is 11.0 Å². The fourth-order valence-corrected chi connectivity index (χ4v) is 8.94. The highest BCUT2D eigenvalue weighted by Crippen LogP contribution is 2.54. The molecule has 0 bridgehead atoms. The maximum absolute atomic E-state index is 14.1. The largest absolute Gasteiger partial charge is 0.418 e. The molecule has 0 spiro atoms. The number of halogens is 5. The molecule has 47 heavy (non-hydrogen) atoms. The Kier molecular flexibility index (Phi) is 8.61. The van der Waals surface area contributed by atoms with E-state index in [1.54, 1.807) is 6.07 Å². The Labute approximate surface area is 285 Å². The molecule has 0 radical (unpaired) electrons. The summed E-state index contributed by atoms with van der Waals surface area (Å²) in [6, 6.07) is 16.4. The van der Waals surface area contributed by atoms with Crippen molar-refractivity contribution >= 4 is 75.4 Å². The monoisotopic (exact) mass is 719 g/mol. The zero-order chi connectivity index (χ0) is 34.0. The number of nitrogens with one attached hydrogen (secondary N) is 1. The van der Waals surface area contributed by atoms with Gasteiger partial charge in [0.15, 0.2) is 0 Å². The minimum absolute atomic E-state index is 0.193. The van der Waals surface area contributed by atoms with Gasteiger partial charge in [0, 0.05) is 16.5 Å². The molecule has 14 heteroatoms. The second kappa shape index (κ2) is 12.1. The Bertz CT molecular complexity index is 1990. The molecule has 1 aromatic heterocycles. The van der Waals surface area contributed by atoms with Crippen LogP contribution in [0.1, 0.15) is 48.3 Å². The predicted molar refractivity (Wildman–Crippen MR) is 178 cm³/mol. The van der Waals surface area contributed by atoms with Gasteiger partial charge in [0.2, 0.25) is 17.7 Å². The van der Waals surface area contributed by atoms with E-state index >= 15 is 0 Å². The van der Waals surface area contributed by atoms with Crippen LogP contribution in [0.15, 0.2) is 76.6 Å². The minimum atomic E-state index is -4.82. The van der Waals surface area contributed by atoms with E-state index < -0.39 is 63.7 Å². The fourth-order valence-electron chi connectivity index (χ4n) is 5.87. The van der Waals surface area contributed by atoms with Crippen molar-refractivity contribution in [3.8, 4) is 0 Å². The second-order valence-electron chi connectivity index (χ2n) is 12.2. The summed E-state index contributed by atoms with van der Waals surface area (Å²) in [5.74, 6) is -4.10. The summed E-state index contributed by atoms with van der Waals surface area (Å²) in [5, 5.41) is 2.35. The van der Waals surface area contributed by atoms with Crippen molar-refractivity contribution in [1.29, 1.82) is 0 Å². The zero-order valence-electron chi connectivity index (χ0n) is 25.0. The molecule has 1 N–H and O–H groups in total. The number of nitrogens with zero attached hydrogens (tertiary/aromatic N) is 2. The third-order valence-corrected chi connectivity index (χ3v) is 11.5. The number of alkyl halides is 3. The van der Waals surface area contributed by atoms with Gasteiger partial charge in [0.05, 0.1) is 32.2 Å². The van der Waals surface area contributed by atoms with E-state index in [9.17, 15) is 32.3 Å². The molecule has 2 aliphatic heterocycles. The maximum atomic E-state index is 14.1. The van der Waals surface area contributed by atoms with Gasteiger partial charge in [-0.3, -0.25) is 23.7 Å². The summed E-state index contributed by atoms with van der Waals surface area (Å²) in [5.41, 5.74) is 0.122. The number of thioether (sulfide) groups is 1. The normalized spacial score (nSPS) is 19.5. The molecule has 0 aliphatic carbocycles. The third kappa shape index (κ3) is 6.12. The first kappa shape index (κ1) is 33.3. The van der Waals surface area contributed by atoms with E-state index in [1.165, 1.54) is 28.8 Å². The molecule has 3 heterocycles. The van der Waals surface area contributed by atoms with Gasteiger partial charge in [-0.15, -0.1) is 0 Å². The van der Waals surface area contributed by atoms with Crippen LogP contribution in [0.25, 0.3) is 0 Å². The van der Waals surface area contributed by atoms with E-state index in [2.05, 4.69) is 5.32 Å². The molecule has 3 amide bonds. The second-order valence-corrected chi connectivity index (χ2v) is 15.2. The lowest BCUT2D eigenvalue weighted by Crippen LogP contribution is -2.33. The van der Waals surface area contributed by atoms with Crippen LogP contribution < -0.4 is 15.1 Å². The molecule has 6 rings (SSSR count). The Morgan fingerprint density at radius 2 is 1.60 bits per heavy atom. The molecule has 1 saturated heterocycles. The van der Waals surface area contributed by atoms with Crippen molar-refractivity contribution in [3.63, 3.8) is 0 Å². The number of fused-ring (bicyclic) bond motifs is 2. The summed E-state index contributed by atoms with van der Waals surface area (Å²) in [7, 11) is 0. The molecule has 7 nitrogen and oxygen atoms in total. The van der Waals surface area contributed by atoms with Crippen LogP contribution in [-0.4, -0.2) is 27.5 Å². The van der Waals surface area contributed by atoms with Gasteiger partial charge in [-0.1, -0.05) is 103 Å². The van der Waals surface area contributed by atoms with Crippen LogP contribution in [0.4, 0.5) is 24.5 Å². The molecule has 0 saturated carbocycles. The quantitative estimate of drug-likeness (QED) is 0.212. The van der Waals surface area contributed by atoms with Crippen LogP contribution in [-0.2, 0) is 32.5 Å². The Morgan fingerprint density at radius 1 is 0.915 bits per heavy atom. The molecular weight excluding hydrogens is 694 g/mol. The van der Waals surface area contributed by atoms with E-state index in [1.807, 2.05) is 45.0 Å². The van der Waals surface area contributed by atoms with Crippen molar-refractivity contribution in [1.82, 2.24) is 4.57 Å². The van der Waals surface area contributed by atoms with Crippen molar-refractivity contribution in [3.05, 3.63) is 108 Å². The topological polar surface area (TPSA) is 88.5 Å². The van der Waals surface area contributed by atoms with E-state index in [0.717, 1.165) is 40.8 Å². The summed E-state index contributed by atoms with van der Waals surface area (Å²) >= 11 is 13.8. The molecule has 3 aromatic carbocycles. The smallest absolute Gasteiger partial charge is 0.324 e. The van der Waals surface area contributed by atoms with Crippen LogP contribution in [0.3, 0.4) is 0 Å². The number of aromatic nitrogens is 1. The van der Waals surface area contributed by atoms with E-state index in [-0.39, 0.29) is 10.4 Å². The van der Waals surface area contributed by atoms with Crippen molar-refractivity contribution in [2.75, 3.05) is 10.2 Å². The molecule has 3 atom stereocenters. The number of benzene rings is 3. The number of anilines is 2. The lowest BCUT2D eigenvalue weighted by atomic mass is 9.81. The fraction of sp³-hybridized carbons (Fsp3) is 0.273. The lowest BCUT2D eigenvalue weighted by Gasteiger charge is -2.31. The van der Waals surface area contributed by atoms with Crippen LogP contribution in [0, 0.1) is 5.92 Å². The lowest BCUT2D eigenvalue weighted by molar-refractivity contribution is -0.137. The van der Waals surface area contributed by atoms with Gasteiger partial charge in [-0.05, 0) is 46.9 Å². The van der Waals surface area contributed by atoms with Gasteiger partial charge in [-0.2, -0.15) is 13.2 Å². The highest BCUT2D eigenvalue weighted by molar-refractivity contribution is 8.00. The van der Waals surface area contributed by atoms with Gasteiger partial charge < -0.3 is 5.32 Å². The molecule has 1 fully saturated rings. The zero-order valence-corrected chi connectivity index (χ0v) is 28.2. The predicted octanol–water partition coefficient (Wildman–Crippen LogP) is 7.97. The van der Waals surface area contributed by atoms with Crippen molar-refractivity contribution in [2.24, 2.45) is 5.92 Å². The molecule has 2 unspecified atom stereocenters. The molecule has 4 aromatic rings. The minimum Gasteiger partial charge on any atom is -0.324 e. The number of amides is 3. The van der Waals surface area contributed by atoms with Gasteiger partial charge in [0.25, 0.3) is 0 Å². The Hall–Kier alpha value is -3.58. The standard InChI is InChI=1S/C33H26Cl2F3N3O4S2/c1-32(2,3)17-10-8-16(9-11-17)24-25-26(29(44)41(28(25)43)22-7-5-4-6-19(22)33(36,37)38)46-30-27(24)47-31(45)40(30)15-23(42)39-18-12-13-20(34)21(35)14-18/h4-14,24-26H,15H2,1-3H3,(H,39,42)/t24-,25?,26?/m1/s1. The van der Waals surface area contributed by atoms with Crippen LogP contribution in [0.2, 0.25) is 10.0 Å². The first-order valence-electron chi connectivity index (χ1n) is 14.4. The number of carbonyl (C=O) groups excluding carboxylic acids is 3. The van der Waals surface area contributed by atoms with Gasteiger partial charge in [-0.25, -0.2) is 4.90 Å². The highest BCUT2D eigenvalue weighted by atomic mass is 35.5. The summed E-state index contributed by atoms with van der Waals surface area (Å²) < 4.78 is 43.4. The highest BCUT2D eigenvalue weighted by Gasteiger charge is 2.57. The number of hydrogen-bond donors (Lipinski definition) is 1. The van der Waals surface area contributed by atoms with E-state index in [0.29, 0.717) is 31.1 Å². The average Bonchev–Trinajstić information content (AvgIpc) is 3.44. The summed E-state index contributed by atoms with van der Waals surface area (Å²) in [4.78, 5) is 55.2. The number of rotatable bonds is 5. The molecule has 2 aliphatic rings. The number of thiazole rings is 1. The van der Waals surface area contributed by atoms with Crippen LogP contribution >= 0.6 is 46.3 Å². The average molecular weight is 721 g/mol. The number of hydrogen-bond acceptors (Lipinski definition) is 6. The first-order chi connectivity index (χ1) is 22.1. The Balaban J connectivity index is 1.44. The third-order valence-electron chi connectivity index (χ3n) is 8.14. The summed E-state index contributed by atoms with van der Waals surface area (Å²) in [6.07, 6.45) is -4.82. The summed E-state index contributed by atoms with van der Waals surface area (Å²) in [6.45, 7) is 5.69. The van der Waals surface area contributed by atoms with Gasteiger partial charge in [0.1, 0.15) is 11.8 Å². The number of carbonyl (C=O) groups is 3.